The van der Waals surface area contributed by atoms with Gasteiger partial charge in [-0.15, -0.1) is 0 Å². The third-order valence-electron chi connectivity index (χ3n) is 3.61. The molecule has 86 valence electrons. The molecular weight excluding hydrogens is 174 g/mol. The van der Waals surface area contributed by atoms with Gasteiger partial charge in [0.2, 0.25) is 0 Å². The molecule has 14 heavy (non-hydrogen) atoms. The van der Waals surface area contributed by atoms with Crippen molar-refractivity contribution < 1.29 is 4.74 Å². The summed E-state index contributed by atoms with van der Waals surface area (Å²) in [5.74, 6) is 0. The first kappa shape index (κ1) is 13.9. The Kier molecular flexibility index (Phi) is 4.17. The Morgan fingerprint density at radius 2 is 1.29 bits per heavy atom. The Hall–Kier alpha value is -0.0800. The molecule has 2 nitrogen and oxygen atoms in total. The molecule has 0 heterocycles. The predicted molar refractivity (Wildman–Crippen MR) is 62.3 cm³/mol. The number of nitrogens with two attached hydrogens (primary N) is 1. The van der Waals surface area contributed by atoms with E-state index in [0.717, 1.165) is 6.61 Å². The Balaban J connectivity index is 5.21. The van der Waals surface area contributed by atoms with Gasteiger partial charge in [0.15, 0.2) is 0 Å². The highest BCUT2D eigenvalue weighted by Gasteiger charge is 2.49. The average molecular weight is 201 g/mol. The van der Waals surface area contributed by atoms with Gasteiger partial charge < -0.3 is 10.5 Å². The van der Waals surface area contributed by atoms with Crippen LogP contribution in [0.1, 0.15) is 41.5 Å². The maximum atomic E-state index is 5.99. The Bertz CT molecular complexity index is 160. The lowest BCUT2D eigenvalue weighted by molar-refractivity contribution is -0.0802. The summed E-state index contributed by atoms with van der Waals surface area (Å²) in [6, 6.07) is 0. The third-order valence-corrected chi connectivity index (χ3v) is 3.61. The second-order valence-corrected chi connectivity index (χ2v) is 6.22. The van der Waals surface area contributed by atoms with E-state index in [1.54, 1.807) is 7.11 Å². The lowest BCUT2D eigenvalue weighted by atomic mass is 9.54. The molecule has 0 aromatic carbocycles. The summed E-state index contributed by atoms with van der Waals surface area (Å²) >= 11 is 0. The molecule has 0 spiro atoms. The van der Waals surface area contributed by atoms with Gasteiger partial charge in [-0.1, -0.05) is 41.5 Å². The largest absolute Gasteiger partial charge is 0.384 e. The van der Waals surface area contributed by atoms with E-state index in [1.165, 1.54) is 0 Å². The maximum absolute atomic E-state index is 5.99. The van der Waals surface area contributed by atoms with Crippen LogP contribution in [0.3, 0.4) is 0 Å². The van der Waals surface area contributed by atoms with Crippen molar-refractivity contribution in [2.24, 2.45) is 22.0 Å². The molecule has 0 saturated heterocycles. The molecular formula is C12H27NO. The highest BCUT2D eigenvalue weighted by molar-refractivity contribution is 4.99. The zero-order valence-corrected chi connectivity index (χ0v) is 10.9. The Morgan fingerprint density at radius 1 is 0.929 bits per heavy atom. The molecule has 0 aromatic rings. The number of methoxy groups -OCH3 is 1. The van der Waals surface area contributed by atoms with E-state index in [1.807, 2.05) is 0 Å². The first-order valence-corrected chi connectivity index (χ1v) is 5.31. The second kappa shape index (κ2) is 4.19. The molecule has 0 aliphatic heterocycles. The lowest BCUT2D eigenvalue weighted by Gasteiger charge is -2.52. The fraction of sp³-hybridized carbons (Fsp3) is 1.00. The van der Waals surface area contributed by atoms with Crippen LogP contribution in [0.25, 0.3) is 0 Å². The first-order valence-electron chi connectivity index (χ1n) is 5.31. The summed E-state index contributed by atoms with van der Waals surface area (Å²) in [6.45, 7) is 14.8. The third kappa shape index (κ3) is 2.29. The van der Waals surface area contributed by atoms with E-state index in [4.69, 9.17) is 10.5 Å². The molecule has 0 amide bonds. The first-order chi connectivity index (χ1) is 6.12. The van der Waals surface area contributed by atoms with Gasteiger partial charge >= 0.3 is 0 Å². The van der Waals surface area contributed by atoms with Gasteiger partial charge in [0, 0.05) is 19.1 Å². The molecule has 0 unspecified atom stereocenters. The van der Waals surface area contributed by atoms with Crippen LogP contribution in [0.15, 0.2) is 0 Å². The van der Waals surface area contributed by atoms with Crippen LogP contribution in [-0.2, 0) is 4.74 Å². The van der Waals surface area contributed by atoms with Crippen LogP contribution in [-0.4, -0.2) is 20.3 Å². The van der Waals surface area contributed by atoms with E-state index < -0.39 is 0 Å². The molecule has 0 bridgehead atoms. The van der Waals surface area contributed by atoms with E-state index in [9.17, 15) is 0 Å². The normalized spacial score (nSPS) is 14.6. The van der Waals surface area contributed by atoms with Crippen LogP contribution in [0.2, 0.25) is 0 Å². The van der Waals surface area contributed by atoms with Crippen molar-refractivity contribution in [1.29, 1.82) is 0 Å². The maximum Gasteiger partial charge on any atom is 0.0540 e. The van der Waals surface area contributed by atoms with Crippen molar-refractivity contribution >= 4 is 0 Å². The smallest absolute Gasteiger partial charge is 0.0540 e. The van der Waals surface area contributed by atoms with Crippen LogP contribution in [0.5, 0.6) is 0 Å². The molecule has 0 aliphatic carbocycles. The van der Waals surface area contributed by atoms with Crippen LogP contribution >= 0.6 is 0 Å². The highest BCUT2D eigenvalue weighted by Crippen LogP contribution is 2.50. The van der Waals surface area contributed by atoms with Crippen molar-refractivity contribution in [2.45, 2.75) is 41.5 Å². The zero-order chi connectivity index (χ0) is 11.6. The molecule has 2 heteroatoms. The summed E-state index contributed by atoms with van der Waals surface area (Å²) in [5.41, 5.74) is 6.31. The second-order valence-electron chi connectivity index (χ2n) is 6.22. The van der Waals surface area contributed by atoms with Gasteiger partial charge in [-0.3, -0.25) is 0 Å². The molecule has 0 rings (SSSR count). The predicted octanol–water partition coefficient (Wildman–Crippen LogP) is 2.67. The zero-order valence-electron chi connectivity index (χ0n) is 10.9. The summed E-state index contributed by atoms with van der Waals surface area (Å²) in [7, 11) is 1.75. The van der Waals surface area contributed by atoms with Crippen molar-refractivity contribution in [3.63, 3.8) is 0 Å². The highest BCUT2D eigenvalue weighted by atomic mass is 16.5. The fourth-order valence-corrected chi connectivity index (χ4v) is 2.48. The SMILES string of the molecule is COCC(CN)(C(C)(C)C)C(C)(C)C. The molecule has 0 atom stereocenters. The molecule has 0 saturated carbocycles. The summed E-state index contributed by atoms with van der Waals surface area (Å²) in [6.07, 6.45) is 0. The topological polar surface area (TPSA) is 35.2 Å². The molecule has 0 aliphatic rings. The van der Waals surface area contributed by atoms with Crippen molar-refractivity contribution in [1.82, 2.24) is 0 Å². The van der Waals surface area contributed by atoms with Gasteiger partial charge in [-0.05, 0) is 10.8 Å². The minimum absolute atomic E-state index is 0.0226. The quantitative estimate of drug-likeness (QED) is 0.762. The Morgan fingerprint density at radius 3 is 1.36 bits per heavy atom. The number of ether oxygens (including phenoxy) is 1. The minimum atomic E-state index is 0.0226. The summed E-state index contributed by atoms with van der Waals surface area (Å²) in [5, 5.41) is 0. The van der Waals surface area contributed by atoms with Gasteiger partial charge in [0.1, 0.15) is 0 Å². The number of rotatable bonds is 3. The lowest BCUT2D eigenvalue weighted by Crippen LogP contribution is -2.54. The fourth-order valence-electron chi connectivity index (χ4n) is 2.48. The van der Waals surface area contributed by atoms with Crippen molar-refractivity contribution in [2.75, 3.05) is 20.3 Å². The van der Waals surface area contributed by atoms with Gasteiger partial charge in [0.25, 0.3) is 0 Å². The summed E-state index contributed by atoms with van der Waals surface area (Å²) < 4.78 is 5.37. The number of hydrogen-bond acceptors (Lipinski definition) is 2. The summed E-state index contributed by atoms with van der Waals surface area (Å²) in [4.78, 5) is 0. The van der Waals surface area contributed by atoms with Crippen molar-refractivity contribution in [3.05, 3.63) is 0 Å². The van der Waals surface area contributed by atoms with E-state index in [-0.39, 0.29) is 16.2 Å². The van der Waals surface area contributed by atoms with E-state index in [2.05, 4.69) is 41.5 Å². The van der Waals surface area contributed by atoms with Crippen LogP contribution < -0.4 is 5.73 Å². The van der Waals surface area contributed by atoms with Crippen LogP contribution in [0, 0.1) is 16.2 Å². The average Bonchev–Trinajstić information content (AvgIpc) is 1.94. The molecule has 2 N–H and O–H groups in total. The van der Waals surface area contributed by atoms with Crippen molar-refractivity contribution in [3.8, 4) is 0 Å². The monoisotopic (exact) mass is 201 g/mol. The molecule has 0 radical (unpaired) electrons. The van der Waals surface area contributed by atoms with Gasteiger partial charge in [-0.25, -0.2) is 0 Å². The Labute approximate surface area is 89.2 Å². The molecule has 0 fully saturated rings. The van der Waals surface area contributed by atoms with E-state index >= 15 is 0 Å². The van der Waals surface area contributed by atoms with Gasteiger partial charge in [-0.2, -0.15) is 0 Å². The van der Waals surface area contributed by atoms with E-state index in [0.29, 0.717) is 6.54 Å². The molecule has 0 aromatic heterocycles. The van der Waals surface area contributed by atoms with Crippen LogP contribution in [0.4, 0.5) is 0 Å². The standard InChI is InChI=1S/C12H27NO/c1-10(2,3)12(8-13,9-14-7)11(4,5)6/h8-9,13H2,1-7H3. The minimum Gasteiger partial charge on any atom is -0.384 e. The van der Waals surface area contributed by atoms with Gasteiger partial charge in [0.05, 0.1) is 6.61 Å². The number of hydrogen-bond donors (Lipinski definition) is 1.